The zero-order chi connectivity index (χ0) is 18.4. The highest BCUT2D eigenvalue weighted by Crippen LogP contribution is 2.28. The van der Waals surface area contributed by atoms with E-state index in [0.717, 1.165) is 11.6 Å². The molecule has 2 N–H and O–H groups in total. The number of hydrogen-bond acceptors (Lipinski definition) is 5. The summed E-state index contributed by atoms with van der Waals surface area (Å²) >= 11 is 0. The molecule has 0 aliphatic rings. The predicted molar refractivity (Wildman–Crippen MR) is 91.3 cm³/mol. The Balaban J connectivity index is 2.09. The van der Waals surface area contributed by atoms with Crippen molar-refractivity contribution < 1.29 is 19.2 Å². The van der Waals surface area contributed by atoms with E-state index in [0.29, 0.717) is 0 Å². The lowest BCUT2D eigenvalue weighted by atomic mass is 10.1. The number of nitro groups is 1. The Morgan fingerprint density at radius 3 is 2.40 bits per heavy atom. The summed E-state index contributed by atoms with van der Waals surface area (Å²) in [6.45, 7) is 1.74. The maximum absolute atomic E-state index is 12.1. The van der Waals surface area contributed by atoms with Gasteiger partial charge in [0.2, 0.25) is 0 Å². The molecule has 0 saturated carbocycles. The third-order valence-electron chi connectivity index (χ3n) is 3.50. The molecule has 2 aromatic carbocycles. The molecular weight excluding hydrogens is 326 g/mol. The van der Waals surface area contributed by atoms with Crippen LogP contribution in [0.5, 0.6) is 5.75 Å². The molecule has 2 aromatic rings. The van der Waals surface area contributed by atoms with Crippen molar-refractivity contribution in [1.82, 2.24) is 5.32 Å². The normalized spacial score (nSPS) is 11.3. The number of carbonyl (C=O) groups is 2. The van der Waals surface area contributed by atoms with Gasteiger partial charge in [-0.1, -0.05) is 30.3 Å². The average molecular weight is 343 g/mol. The molecule has 8 nitrogen and oxygen atoms in total. The van der Waals surface area contributed by atoms with E-state index in [-0.39, 0.29) is 23.2 Å². The highest BCUT2D eigenvalue weighted by atomic mass is 16.6. The van der Waals surface area contributed by atoms with Crippen LogP contribution in [0.3, 0.4) is 0 Å². The van der Waals surface area contributed by atoms with Gasteiger partial charge in [-0.05, 0) is 18.6 Å². The van der Waals surface area contributed by atoms with Gasteiger partial charge in [0.25, 0.3) is 5.69 Å². The van der Waals surface area contributed by atoms with Crippen LogP contribution in [0.25, 0.3) is 0 Å². The number of ether oxygens (including phenoxy) is 1. The number of nitro benzene ring substituents is 1. The molecular formula is C17H17N3O5. The SMILES string of the molecule is COc1ccc([N+](=O)[O-])cc1NC(=O)C(=O)NC(C)c1ccccc1. The molecule has 1 atom stereocenters. The van der Waals surface area contributed by atoms with Gasteiger partial charge in [-0.2, -0.15) is 0 Å². The molecule has 0 heterocycles. The molecule has 0 aromatic heterocycles. The van der Waals surface area contributed by atoms with Crippen molar-refractivity contribution in [1.29, 1.82) is 0 Å². The molecule has 0 aliphatic carbocycles. The van der Waals surface area contributed by atoms with Gasteiger partial charge < -0.3 is 15.4 Å². The molecule has 8 heteroatoms. The van der Waals surface area contributed by atoms with Gasteiger partial charge in [-0.25, -0.2) is 0 Å². The van der Waals surface area contributed by atoms with Crippen LogP contribution in [0.15, 0.2) is 48.5 Å². The minimum atomic E-state index is -0.943. The van der Waals surface area contributed by atoms with Crippen molar-refractivity contribution in [2.75, 3.05) is 12.4 Å². The Bertz CT molecular complexity index is 792. The fraction of sp³-hybridized carbons (Fsp3) is 0.176. The molecule has 0 radical (unpaired) electrons. The topological polar surface area (TPSA) is 111 Å². The summed E-state index contributed by atoms with van der Waals surface area (Å²) in [5.74, 6) is -1.59. The lowest BCUT2D eigenvalue weighted by Crippen LogP contribution is -2.37. The standard InChI is InChI=1S/C17H17N3O5/c1-11(12-6-4-3-5-7-12)18-16(21)17(22)19-14-10-13(20(23)24)8-9-15(14)25-2/h3-11H,1-2H3,(H,18,21)(H,19,22). The zero-order valence-corrected chi connectivity index (χ0v) is 13.7. The second kappa shape index (κ2) is 7.91. The van der Waals surface area contributed by atoms with Crippen LogP contribution in [0, 0.1) is 10.1 Å². The zero-order valence-electron chi connectivity index (χ0n) is 13.7. The third kappa shape index (κ3) is 4.54. The Hall–Kier alpha value is -3.42. The van der Waals surface area contributed by atoms with Crippen molar-refractivity contribution in [2.45, 2.75) is 13.0 Å². The van der Waals surface area contributed by atoms with Gasteiger partial charge >= 0.3 is 11.8 Å². The highest BCUT2D eigenvalue weighted by molar-refractivity contribution is 6.39. The fourth-order valence-electron chi connectivity index (χ4n) is 2.17. The van der Waals surface area contributed by atoms with E-state index >= 15 is 0 Å². The monoisotopic (exact) mass is 343 g/mol. The molecule has 2 amide bonds. The summed E-state index contributed by atoms with van der Waals surface area (Å²) < 4.78 is 5.04. The first kappa shape index (κ1) is 17.9. The van der Waals surface area contributed by atoms with Crippen LogP contribution >= 0.6 is 0 Å². The summed E-state index contributed by atoms with van der Waals surface area (Å²) in [7, 11) is 1.36. The van der Waals surface area contributed by atoms with Gasteiger partial charge in [0.15, 0.2) is 0 Å². The summed E-state index contributed by atoms with van der Waals surface area (Å²) in [6.07, 6.45) is 0. The van der Waals surface area contributed by atoms with Crippen molar-refractivity contribution in [3.63, 3.8) is 0 Å². The fourth-order valence-corrected chi connectivity index (χ4v) is 2.17. The number of non-ortho nitro benzene ring substituents is 1. The molecule has 1 unspecified atom stereocenters. The Labute approximate surface area is 144 Å². The first-order chi connectivity index (χ1) is 11.9. The second-order valence-corrected chi connectivity index (χ2v) is 5.20. The number of anilines is 1. The first-order valence-corrected chi connectivity index (χ1v) is 7.41. The van der Waals surface area contributed by atoms with Crippen molar-refractivity contribution >= 4 is 23.2 Å². The van der Waals surface area contributed by atoms with Crippen LogP contribution in [0.1, 0.15) is 18.5 Å². The number of nitrogens with zero attached hydrogens (tertiary/aromatic N) is 1. The van der Waals surface area contributed by atoms with Crippen LogP contribution in [-0.4, -0.2) is 23.8 Å². The van der Waals surface area contributed by atoms with Crippen molar-refractivity contribution in [3.8, 4) is 5.75 Å². The maximum atomic E-state index is 12.1. The second-order valence-electron chi connectivity index (χ2n) is 5.20. The number of rotatable bonds is 5. The number of hydrogen-bond donors (Lipinski definition) is 2. The van der Waals surface area contributed by atoms with E-state index in [4.69, 9.17) is 4.74 Å². The summed E-state index contributed by atoms with van der Waals surface area (Å²) in [5.41, 5.74) is 0.662. The van der Waals surface area contributed by atoms with Crippen LogP contribution in [0.4, 0.5) is 11.4 Å². The first-order valence-electron chi connectivity index (χ1n) is 7.41. The quantitative estimate of drug-likeness (QED) is 0.492. The van der Waals surface area contributed by atoms with E-state index in [1.807, 2.05) is 30.3 Å². The van der Waals surface area contributed by atoms with Gasteiger partial charge in [0, 0.05) is 12.1 Å². The number of nitrogens with one attached hydrogen (secondary N) is 2. The van der Waals surface area contributed by atoms with Crippen LogP contribution in [-0.2, 0) is 9.59 Å². The minimum Gasteiger partial charge on any atom is -0.495 e. The van der Waals surface area contributed by atoms with Gasteiger partial charge in [0.05, 0.1) is 23.8 Å². The summed E-state index contributed by atoms with van der Waals surface area (Å²) in [6, 6.07) is 12.5. The molecule has 2 rings (SSSR count). The molecule has 0 fully saturated rings. The Kier molecular flexibility index (Phi) is 5.67. The molecule has 0 aliphatic heterocycles. The minimum absolute atomic E-state index is 0.0456. The number of benzene rings is 2. The van der Waals surface area contributed by atoms with Crippen LogP contribution in [0.2, 0.25) is 0 Å². The smallest absolute Gasteiger partial charge is 0.313 e. The molecule has 25 heavy (non-hydrogen) atoms. The van der Waals surface area contributed by atoms with Gasteiger partial charge in [-0.15, -0.1) is 0 Å². The summed E-state index contributed by atoms with van der Waals surface area (Å²) in [5, 5.41) is 15.7. The van der Waals surface area contributed by atoms with Crippen LogP contribution < -0.4 is 15.4 Å². The molecule has 0 spiro atoms. The van der Waals surface area contributed by atoms with E-state index in [9.17, 15) is 19.7 Å². The maximum Gasteiger partial charge on any atom is 0.313 e. The Morgan fingerprint density at radius 2 is 1.80 bits per heavy atom. The molecule has 0 bridgehead atoms. The summed E-state index contributed by atoms with van der Waals surface area (Å²) in [4.78, 5) is 34.4. The largest absolute Gasteiger partial charge is 0.495 e. The van der Waals surface area contributed by atoms with E-state index in [2.05, 4.69) is 10.6 Å². The number of carbonyl (C=O) groups excluding carboxylic acids is 2. The predicted octanol–water partition coefficient (Wildman–Crippen LogP) is 2.42. The third-order valence-corrected chi connectivity index (χ3v) is 3.50. The molecule has 0 saturated heterocycles. The lowest BCUT2D eigenvalue weighted by Gasteiger charge is -2.14. The van der Waals surface area contributed by atoms with E-state index < -0.39 is 16.7 Å². The number of amides is 2. The lowest BCUT2D eigenvalue weighted by molar-refractivity contribution is -0.384. The average Bonchev–Trinajstić information content (AvgIpc) is 2.62. The Morgan fingerprint density at radius 1 is 1.12 bits per heavy atom. The highest BCUT2D eigenvalue weighted by Gasteiger charge is 2.20. The van der Waals surface area contributed by atoms with E-state index in [1.54, 1.807) is 6.92 Å². The van der Waals surface area contributed by atoms with Gasteiger partial charge in [0.1, 0.15) is 5.75 Å². The van der Waals surface area contributed by atoms with Gasteiger partial charge in [-0.3, -0.25) is 19.7 Å². The van der Waals surface area contributed by atoms with E-state index in [1.165, 1.54) is 19.2 Å². The molecule has 130 valence electrons. The van der Waals surface area contributed by atoms with Crippen molar-refractivity contribution in [3.05, 3.63) is 64.2 Å². The number of methoxy groups -OCH3 is 1. The van der Waals surface area contributed by atoms with Crippen molar-refractivity contribution in [2.24, 2.45) is 0 Å².